The second-order valence-corrected chi connectivity index (χ2v) is 4.74. The van der Waals surface area contributed by atoms with Crippen molar-refractivity contribution < 1.29 is 19.5 Å². The Balaban J connectivity index is 4.13. The molecule has 0 aromatic rings. The summed E-state index contributed by atoms with van der Waals surface area (Å²) in [6.45, 7) is 2.33. The number of nitrogens with one attached hydrogen (secondary N) is 2. The molecule has 0 aromatic heterocycles. The summed E-state index contributed by atoms with van der Waals surface area (Å²) in [5.41, 5.74) is 4.87. The fourth-order valence-electron chi connectivity index (χ4n) is 0.930. The number of primary amides is 1. The van der Waals surface area contributed by atoms with E-state index in [0.717, 1.165) is 0 Å². The van der Waals surface area contributed by atoms with E-state index in [0.29, 0.717) is 6.54 Å². The first-order valence-corrected chi connectivity index (χ1v) is 6.23. The van der Waals surface area contributed by atoms with Gasteiger partial charge in [-0.2, -0.15) is 11.8 Å². The number of amides is 3. The first kappa shape index (κ1) is 15.6. The number of urea groups is 1. The predicted molar refractivity (Wildman–Crippen MR) is 64.7 cm³/mol. The average Bonchev–Trinajstić information content (AvgIpc) is 2.24. The van der Waals surface area contributed by atoms with Crippen molar-refractivity contribution in [2.24, 2.45) is 5.73 Å². The molecule has 2 unspecified atom stereocenters. The van der Waals surface area contributed by atoms with Crippen LogP contribution in [0.5, 0.6) is 0 Å². The summed E-state index contributed by atoms with van der Waals surface area (Å²) < 4.78 is 0. The Labute approximate surface area is 104 Å². The molecule has 0 aliphatic carbocycles. The van der Waals surface area contributed by atoms with Gasteiger partial charge in [-0.15, -0.1) is 0 Å². The fourth-order valence-corrected chi connectivity index (χ4v) is 1.18. The molecule has 17 heavy (non-hydrogen) atoms. The highest BCUT2D eigenvalue weighted by Gasteiger charge is 2.21. The van der Waals surface area contributed by atoms with Gasteiger partial charge in [0.15, 0.2) is 0 Å². The van der Waals surface area contributed by atoms with E-state index in [-0.39, 0.29) is 5.25 Å². The molecular formula is C9H17N3O4S. The molecule has 0 radical (unpaired) electrons. The zero-order chi connectivity index (χ0) is 13.4. The summed E-state index contributed by atoms with van der Waals surface area (Å²) in [5, 5.41) is 13.6. The SMILES string of the molecule is CSC(C)CNC(=O)NC(CC(N)=O)C(=O)O. The van der Waals surface area contributed by atoms with Gasteiger partial charge < -0.3 is 21.5 Å². The van der Waals surface area contributed by atoms with E-state index >= 15 is 0 Å². The Morgan fingerprint density at radius 2 is 2.00 bits per heavy atom. The summed E-state index contributed by atoms with van der Waals surface area (Å²) in [6.07, 6.45) is 1.47. The van der Waals surface area contributed by atoms with Crippen molar-refractivity contribution in [3.05, 3.63) is 0 Å². The first-order valence-electron chi connectivity index (χ1n) is 4.95. The van der Waals surface area contributed by atoms with Crippen molar-refractivity contribution in [2.45, 2.75) is 24.6 Å². The van der Waals surface area contributed by atoms with Crippen molar-refractivity contribution in [1.82, 2.24) is 10.6 Å². The number of hydrogen-bond acceptors (Lipinski definition) is 4. The molecular weight excluding hydrogens is 246 g/mol. The van der Waals surface area contributed by atoms with Gasteiger partial charge in [0, 0.05) is 11.8 Å². The molecule has 7 nitrogen and oxygen atoms in total. The van der Waals surface area contributed by atoms with Gasteiger partial charge in [-0.25, -0.2) is 9.59 Å². The number of nitrogens with two attached hydrogens (primary N) is 1. The third-order valence-corrected chi connectivity index (χ3v) is 2.93. The second kappa shape index (κ2) is 7.77. The number of carbonyl (C=O) groups is 3. The van der Waals surface area contributed by atoms with E-state index in [2.05, 4.69) is 10.6 Å². The number of aliphatic carboxylic acids is 1. The van der Waals surface area contributed by atoms with Crippen molar-refractivity contribution in [1.29, 1.82) is 0 Å². The smallest absolute Gasteiger partial charge is 0.326 e. The molecule has 0 heterocycles. The quantitative estimate of drug-likeness (QED) is 0.487. The number of thioether (sulfide) groups is 1. The first-order chi connectivity index (χ1) is 7.86. The zero-order valence-corrected chi connectivity index (χ0v) is 10.5. The van der Waals surface area contributed by atoms with Gasteiger partial charge >= 0.3 is 12.0 Å². The number of rotatable bonds is 7. The molecule has 5 N–H and O–H groups in total. The molecule has 2 atom stereocenters. The van der Waals surface area contributed by atoms with E-state index in [1.165, 1.54) is 0 Å². The largest absolute Gasteiger partial charge is 0.480 e. The highest BCUT2D eigenvalue weighted by atomic mass is 32.2. The van der Waals surface area contributed by atoms with E-state index in [9.17, 15) is 14.4 Å². The van der Waals surface area contributed by atoms with Gasteiger partial charge in [-0.05, 0) is 6.26 Å². The van der Waals surface area contributed by atoms with Gasteiger partial charge in [0.2, 0.25) is 5.91 Å². The van der Waals surface area contributed by atoms with Crippen molar-refractivity contribution >= 4 is 29.7 Å². The van der Waals surface area contributed by atoms with Gasteiger partial charge in [-0.3, -0.25) is 4.79 Å². The minimum Gasteiger partial charge on any atom is -0.480 e. The number of carboxylic acid groups (broad SMARTS) is 1. The maximum Gasteiger partial charge on any atom is 0.326 e. The normalized spacial score (nSPS) is 13.5. The summed E-state index contributed by atoms with van der Waals surface area (Å²) in [4.78, 5) is 32.6. The molecule has 0 spiro atoms. The van der Waals surface area contributed by atoms with Crippen LogP contribution in [0.3, 0.4) is 0 Å². The number of carbonyl (C=O) groups excluding carboxylic acids is 2. The van der Waals surface area contributed by atoms with E-state index in [4.69, 9.17) is 10.8 Å². The Morgan fingerprint density at radius 3 is 2.41 bits per heavy atom. The number of carboxylic acids is 1. The summed E-state index contributed by atoms with van der Waals surface area (Å²) >= 11 is 1.57. The fraction of sp³-hybridized carbons (Fsp3) is 0.667. The lowest BCUT2D eigenvalue weighted by molar-refractivity contribution is -0.140. The van der Waals surface area contributed by atoms with Crippen LogP contribution in [-0.4, -0.2) is 47.1 Å². The third-order valence-electron chi connectivity index (χ3n) is 1.96. The summed E-state index contributed by atoms with van der Waals surface area (Å²) in [7, 11) is 0. The lowest BCUT2D eigenvalue weighted by Gasteiger charge is -2.15. The Hall–Kier alpha value is -1.44. The summed E-state index contributed by atoms with van der Waals surface area (Å²) in [6, 6.07) is -1.92. The van der Waals surface area contributed by atoms with Crippen LogP contribution in [0.2, 0.25) is 0 Å². The van der Waals surface area contributed by atoms with Crippen LogP contribution < -0.4 is 16.4 Å². The molecule has 8 heteroatoms. The van der Waals surface area contributed by atoms with Gasteiger partial charge in [0.25, 0.3) is 0 Å². The molecule has 0 aromatic carbocycles. The van der Waals surface area contributed by atoms with Crippen molar-refractivity contribution in [2.75, 3.05) is 12.8 Å². The third kappa shape index (κ3) is 7.45. The van der Waals surface area contributed by atoms with Crippen LogP contribution in [0.15, 0.2) is 0 Å². The van der Waals surface area contributed by atoms with Crippen LogP contribution in [0.25, 0.3) is 0 Å². The molecule has 98 valence electrons. The standard InChI is InChI=1S/C9H17N3O4S/c1-5(17-2)4-11-9(16)12-6(8(14)15)3-7(10)13/h5-6H,3-4H2,1-2H3,(H2,10,13)(H,14,15)(H2,11,12,16). The zero-order valence-electron chi connectivity index (χ0n) is 9.73. The maximum absolute atomic E-state index is 11.3. The minimum atomic E-state index is -1.29. The van der Waals surface area contributed by atoms with Gasteiger partial charge in [-0.1, -0.05) is 6.92 Å². The molecule has 0 fully saturated rings. The Kier molecular flexibility index (Phi) is 7.11. The molecule has 0 bridgehead atoms. The molecule has 0 rings (SSSR count). The number of hydrogen-bond donors (Lipinski definition) is 4. The van der Waals surface area contributed by atoms with Crippen LogP contribution in [0, 0.1) is 0 Å². The minimum absolute atomic E-state index is 0.222. The Bertz CT molecular complexity index is 298. The topological polar surface area (TPSA) is 122 Å². The monoisotopic (exact) mass is 263 g/mol. The van der Waals surface area contributed by atoms with Crippen molar-refractivity contribution in [3.63, 3.8) is 0 Å². The van der Waals surface area contributed by atoms with E-state index in [1.54, 1.807) is 11.8 Å². The molecule has 3 amide bonds. The summed E-state index contributed by atoms with van der Waals surface area (Å²) in [5.74, 6) is -2.08. The van der Waals surface area contributed by atoms with Crippen LogP contribution in [0.1, 0.15) is 13.3 Å². The average molecular weight is 263 g/mol. The van der Waals surface area contributed by atoms with Gasteiger partial charge in [0.1, 0.15) is 6.04 Å². The highest BCUT2D eigenvalue weighted by molar-refractivity contribution is 7.99. The maximum atomic E-state index is 11.3. The molecule has 0 saturated carbocycles. The lowest BCUT2D eigenvalue weighted by Crippen LogP contribution is -2.48. The molecule has 0 aliphatic heterocycles. The van der Waals surface area contributed by atoms with E-state index in [1.807, 2.05) is 13.2 Å². The predicted octanol–water partition coefficient (Wildman–Crippen LogP) is -0.634. The van der Waals surface area contributed by atoms with Crippen LogP contribution >= 0.6 is 11.8 Å². The Morgan fingerprint density at radius 1 is 1.41 bits per heavy atom. The lowest BCUT2D eigenvalue weighted by atomic mass is 10.2. The highest BCUT2D eigenvalue weighted by Crippen LogP contribution is 2.02. The molecule has 0 aliphatic rings. The molecule has 0 saturated heterocycles. The van der Waals surface area contributed by atoms with Crippen LogP contribution in [0.4, 0.5) is 4.79 Å². The van der Waals surface area contributed by atoms with E-state index < -0.39 is 30.4 Å². The van der Waals surface area contributed by atoms with Crippen molar-refractivity contribution in [3.8, 4) is 0 Å². The van der Waals surface area contributed by atoms with Crippen LogP contribution in [-0.2, 0) is 9.59 Å². The second-order valence-electron chi connectivity index (χ2n) is 3.46. The van der Waals surface area contributed by atoms with Gasteiger partial charge in [0.05, 0.1) is 6.42 Å².